The largest absolute Gasteiger partial charge is 0.469 e. The highest BCUT2D eigenvalue weighted by Gasteiger charge is 2.15. The standard InChI is InChI=1S/C16H31N3O4/c1-4-17-16(19-10-13(2)15(20)21-3)18-7-5-8-22-11-14-6-9-23-12-14/h13-14H,4-12H2,1-3H3,(H2,17,18,19). The van der Waals surface area contributed by atoms with E-state index in [0.29, 0.717) is 18.4 Å². The lowest BCUT2D eigenvalue weighted by Gasteiger charge is -2.13. The van der Waals surface area contributed by atoms with E-state index in [0.717, 1.165) is 52.4 Å². The van der Waals surface area contributed by atoms with Gasteiger partial charge in [-0.3, -0.25) is 9.79 Å². The Hall–Kier alpha value is -1.34. The van der Waals surface area contributed by atoms with Crippen LogP contribution in [0.25, 0.3) is 0 Å². The summed E-state index contributed by atoms with van der Waals surface area (Å²) in [4.78, 5) is 15.8. The molecule has 0 radical (unpaired) electrons. The van der Waals surface area contributed by atoms with E-state index in [1.54, 1.807) is 6.92 Å². The number of ether oxygens (including phenoxy) is 3. The maximum atomic E-state index is 11.4. The van der Waals surface area contributed by atoms with Crippen LogP contribution in [0.15, 0.2) is 4.99 Å². The molecular formula is C16H31N3O4. The van der Waals surface area contributed by atoms with Crippen LogP contribution in [-0.4, -0.2) is 65.1 Å². The second kappa shape index (κ2) is 12.1. The van der Waals surface area contributed by atoms with E-state index in [9.17, 15) is 4.79 Å². The first-order chi connectivity index (χ1) is 11.2. The van der Waals surface area contributed by atoms with Gasteiger partial charge in [-0.1, -0.05) is 6.92 Å². The Kier molecular flexibility index (Phi) is 10.4. The van der Waals surface area contributed by atoms with Crippen molar-refractivity contribution in [1.29, 1.82) is 0 Å². The molecule has 0 spiro atoms. The Morgan fingerprint density at radius 1 is 1.43 bits per heavy atom. The predicted octanol–water partition coefficient (Wildman–Crippen LogP) is 0.794. The lowest BCUT2D eigenvalue weighted by atomic mass is 10.1. The molecule has 1 heterocycles. The Morgan fingerprint density at radius 3 is 2.91 bits per heavy atom. The van der Waals surface area contributed by atoms with E-state index < -0.39 is 0 Å². The molecule has 0 amide bonds. The van der Waals surface area contributed by atoms with Gasteiger partial charge in [0.2, 0.25) is 0 Å². The smallest absolute Gasteiger partial charge is 0.310 e. The van der Waals surface area contributed by atoms with Crippen LogP contribution in [0.3, 0.4) is 0 Å². The number of carbonyl (C=O) groups excluding carboxylic acids is 1. The molecule has 2 unspecified atom stereocenters. The van der Waals surface area contributed by atoms with E-state index in [2.05, 4.69) is 15.6 Å². The van der Waals surface area contributed by atoms with Gasteiger partial charge in [-0.05, 0) is 19.8 Å². The van der Waals surface area contributed by atoms with Crippen molar-refractivity contribution < 1.29 is 19.0 Å². The van der Waals surface area contributed by atoms with Crippen molar-refractivity contribution in [3.8, 4) is 0 Å². The molecule has 0 aliphatic carbocycles. The molecule has 1 saturated heterocycles. The zero-order valence-corrected chi connectivity index (χ0v) is 14.6. The molecular weight excluding hydrogens is 298 g/mol. The molecule has 134 valence electrons. The molecule has 1 fully saturated rings. The van der Waals surface area contributed by atoms with Gasteiger partial charge in [0.15, 0.2) is 5.96 Å². The van der Waals surface area contributed by atoms with Gasteiger partial charge < -0.3 is 24.8 Å². The van der Waals surface area contributed by atoms with Crippen LogP contribution in [-0.2, 0) is 19.0 Å². The van der Waals surface area contributed by atoms with E-state index in [-0.39, 0.29) is 11.9 Å². The summed E-state index contributed by atoms with van der Waals surface area (Å²) in [6, 6.07) is 0. The molecule has 0 bridgehead atoms. The molecule has 0 saturated carbocycles. The molecule has 23 heavy (non-hydrogen) atoms. The van der Waals surface area contributed by atoms with Crippen LogP contribution >= 0.6 is 0 Å². The van der Waals surface area contributed by atoms with Crippen LogP contribution in [0.2, 0.25) is 0 Å². The van der Waals surface area contributed by atoms with Crippen LogP contribution in [0.1, 0.15) is 26.7 Å². The maximum Gasteiger partial charge on any atom is 0.310 e. The van der Waals surface area contributed by atoms with Crippen molar-refractivity contribution in [3.63, 3.8) is 0 Å². The Morgan fingerprint density at radius 2 is 2.26 bits per heavy atom. The predicted molar refractivity (Wildman–Crippen MR) is 89.5 cm³/mol. The zero-order valence-electron chi connectivity index (χ0n) is 14.6. The van der Waals surface area contributed by atoms with Gasteiger partial charge in [-0.15, -0.1) is 0 Å². The maximum absolute atomic E-state index is 11.4. The third-order valence-corrected chi connectivity index (χ3v) is 3.61. The summed E-state index contributed by atoms with van der Waals surface area (Å²) >= 11 is 0. The highest BCUT2D eigenvalue weighted by Crippen LogP contribution is 2.12. The summed E-state index contributed by atoms with van der Waals surface area (Å²) in [7, 11) is 1.39. The number of esters is 1. The average Bonchev–Trinajstić information content (AvgIpc) is 3.07. The minimum absolute atomic E-state index is 0.242. The van der Waals surface area contributed by atoms with Crippen molar-refractivity contribution >= 4 is 11.9 Å². The van der Waals surface area contributed by atoms with E-state index >= 15 is 0 Å². The summed E-state index contributed by atoms with van der Waals surface area (Å²) < 4.78 is 15.7. The number of guanidine groups is 1. The Balaban J connectivity index is 2.15. The van der Waals surface area contributed by atoms with Gasteiger partial charge in [0.05, 0.1) is 32.8 Å². The fourth-order valence-electron chi connectivity index (χ4n) is 2.19. The van der Waals surface area contributed by atoms with Crippen LogP contribution in [0.4, 0.5) is 0 Å². The number of hydrogen-bond donors (Lipinski definition) is 2. The molecule has 1 aliphatic rings. The molecule has 1 rings (SSSR count). The van der Waals surface area contributed by atoms with Gasteiger partial charge in [0.1, 0.15) is 0 Å². The summed E-state index contributed by atoms with van der Waals surface area (Å²) in [5.41, 5.74) is 0. The third kappa shape index (κ3) is 8.76. The van der Waals surface area contributed by atoms with Gasteiger partial charge in [-0.25, -0.2) is 0 Å². The SMILES string of the molecule is CCNC(=NCC(C)C(=O)OC)NCCCOCC1CCOC1. The van der Waals surface area contributed by atoms with E-state index in [1.807, 2.05) is 6.92 Å². The fourth-order valence-corrected chi connectivity index (χ4v) is 2.19. The molecule has 0 aromatic rings. The molecule has 7 heteroatoms. The Labute approximate surface area is 139 Å². The first kappa shape index (κ1) is 19.7. The van der Waals surface area contributed by atoms with Crippen molar-refractivity contribution in [1.82, 2.24) is 10.6 Å². The Bertz CT molecular complexity index is 357. The zero-order chi connectivity index (χ0) is 16.9. The van der Waals surface area contributed by atoms with Gasteiger partial charge in [0, 0.05) is 32.2 Å². The lowest BCUT2D eigenvalue weighted by Crippen LogP contribution is -2.38. The van der Waals surface area contributed by atoms with Crippen molar-refractivity contribution in [2.24, 2.45) is 16.8 Å². The minimum Gasteiger partial charge on any atom is -0.469 e. The summed E-state index contributed by atoms with van der Waals surface area (Å²) in [6.45, 7) is 8.96. The summed E-state index contributed by atoms with van der Waals surface area (Å²) in [5, 5.41) is 6.40. The second-order valence-electron chi connectivity index (χ2n) is 5.73. The monoisotopic (exact) mass is 329 g/mol. The van der Waals surface area contributed by atoms with Crippen LogP contribution in [0, 0.1) is 11.8 Å². The quantitative estimate of drug-likeness (QED) is 0.267. The number of methoxy groups -OCH3 is 1. The van der Waals surface area contributed by atoms with E-state index in [1.165, 1.54) is 7.11 Å². The highest BCUT2D eigenvalue weighted by atomic mass is 16.5. The van der Waals surface area contributed by atoms with Crippen LogP contribution in [0.5, 0.6) is 0 Å². The summed E-state index contributed by atoms with van der Waals surface area (Å²) in [6.07, 6.45) is 2.01. The summed E-state index contributed by atoms with van der Waals surface area (Å²) in [5.74, 6) is 0.787. The fraction of sp³-hybridized carbons (Fsp3) is 0.875. The number of carbonyl (C=O) groups is 1. The number of nitrogens with zero attached hydrogens (tertiary/aromatic N) is 1. The first-order valence-electron chi connectivity index (χ1n) is 8.42. The van der Waals surface area contributed by atoms with Crippen LogP contribution < -0.4 is 10.6 Å². The van der Waals surface area contributed by atoms with Crippen molar-refractivity contribution in [2.45, 2.75) is 26.7 Å². The number of nitrogens with one attached hydrogen (secondary N) is 2. The van der Waals surface area contributed by atoms with E-state index in [4.69, 9.17) is 14.2 Å². The topological polar surface area (TPSA) is 81.2 Å². The van der Waals surface area contributed by atoms with Crippen molar-refractivity contribution in [2.75, 3.05) is 53.2 Å². The molecule has 1 aliphatic heterocycles. The number of hydrogen-bond acceptors (Lipinski definition) is 5. The van der Waals surface area contributed by atoms with Gasteiger partial charge >= 0.3 is 5.97 Å². The molecule has 7 nitrogen and oxygen atoms in total. The third-order valence-electron chi connectivity index (χ3n) is 3.61. The number of aliphatic imine (C=N–C) groups is 1. The second-order valence-corrected chi connectivity index (χ2v) is 5.73. The van der Waals surface area contributed by atoms with Gasteiger partial charge in [-0.2, -0.15) is 0 Å². The molecule has 2 N–H and O–H groups in total. The molecule has 0 aromatic carbocycles. The highest BCUT2D eigenvalue weighted by molar-refractivity contribution is 5.80. The minimum atomic E-state index is -0.243. The lowest BCUT2D eigenvalue weighted by molar-refractivity contribution is -0.144. The van der Waals surface area contributed by atoms with Gasteiger partial charge in [0.25, 0.3) is 0 Å². The van der Waals surface area contributed by atoms with Crippen molar-refractivity contribution in [3.05, 3.63) is 0 Å². The molecule has 0 aromatic heterocycles. The average molecular weight is 329 g/mol. The molecule has 2 atom stereocenters. The first-order valence-corrected chi connectivity index (χ1v) is 8.42. The number of rotatable bonds is 10. The normalized spacial score (nSPS) is 19.4.